The number of hydrogen-bond acceptors (Lipinski definition) is 4. The molecule has 0 unspecified atom stereocenters. The zero-order valence-corrected chi connectivity index (χ0v) is 16.3. The average Bonchev–Trinajstić information content (AvgIpc) is 3.06. The van der Waals surface area contributed by atoms with Crippen molar-refractivity contribution in [2.75, 3.05) is 0 Å². The first kappa shape index (κ1) is 15.8. The number of nitrogens with zero attached hydrogens (tertiary/aromatic N) is 2. The molecule has 5 aromatic rings. The summed E-state index contributed by atoms with van der Waals surface area (Å²) in [6.45, 7) is 0. The van der Waals surface area contributed by atoms with Crippen LogP contribution < -0.4 is 8.63 Å². The summed E-state index contributed by atoms with van der Waals surface area (Å²) in [6, 6.07) is 21.4. The van der Waals surface area contributed by atoms with Crippen LogP contribution in [0.1, 0.15) is 0 Å². The minimum atomic E-state index is -0.0443. The molecule has 0 aliphatic rings. The Labute approximate surface area is 166 Å². The monoisotopic (exact) mass is 470 g/mol. The number of halogens is 1. The highest BCUT2D eigenvalue weighted by molar-refractivity contribution is 14.1. The van der Waals surface area contributed by atoms with Gasteiger partial charge in [-0.3, -0.25) is 9.20 Å². The van der Waals surface area contributed by atoms with Gasteiger partial charge in [0.1, 0.15) is 5.75 Å². The van der Waals surface area contributed by atoms with E-state index in [1.165, 1.54) is 11.3 Å². The van der Waals surface area contributed by atoms with Crippen molar-refractivity contribution in [3.63, 3.8) is 0 Å². The van der Waals surface area contributed by atoms with Crippen LogP contribution in [0, 0.1) is 0 Å². The first-order chi connectivity index (χ1) is 12.8. The molecule has 26 heavy (non-hydrogen) atoms. The van der Waals surface area contributed by atoms with E-state index < -0.39 is 0 Å². The fourth-order valence-corrected chi connectivity index (χ4v) is 4.62. The first-order valence-electron chi connectivity index (χ1n) is 7.98. The van der Waals surface area contributed by atoms with Crippen molar-refractivity contribution < 1.29 is 3.07 Å². The van der Waals surface area contributed by atoms with Crippen molar-refractivity contribution in [3.05, 3.63) is 77.1 Å². The van der Waals surface area contributed by atoms with Gasteiger partial charge in [-0.2, -0.15) is 0 Å². The third kappa shape index (κ3) is 2.33. The molecule has 0 bridgehead atoms. The summed E-state index contributed by atoms with van der Waals surface area (Å²) in [5.74, 6) is 0.766. The van der Waals surface area contributed by atoms with Crippen molar-refractivity contribution in [2.24, 2.45) is 0 Å². The number of aromatic nitrogens is 2. The van der Waals surface area contributed by atoms with E-state index in [-0.39, 0.29) is 5.56 Å². The summed E-state index contributed by atoms with van der Waals surface area (Å²) in [5.41, 5.74) is 3.44. The summed E-state index contributed by atoms with van der Waals surface area (Å²) in [4.78, 5) is 18.6. The molecule has 0 spiro atoms. The molecule has 2 aromatic heterocycles. The highest BCUT2D eigenvalue weighted by Gasteiger charge is 2.13. The molecule has 5 rings (SSSR count). The molecule has 0 saturated heterocycles. The molecule has 0 radical (unpaired) electrons. The molecule has 0 aliphatic heterocycles. The van der Waals surface area contributed by atoms with E-state index in [9.17, 15) is 4.79 Å². The number of benzene rings is 3. The van der Waals surface area contributed by atoms with E-state index >= 15 is 0 Å². The maximum Gasteiger partial charge on any atom is 0.266 e. The van der Waals surface area contributed by atoms with Gasteiger partial charge in [-0.1, -0.05) is 47.7 Å². The molecule has 6 heteroatoms. The Morgan fingerprint density at radius 3 is 2.69 bits per heavy atom. The molecular formula is C20H11IN2O2S. The van der Waals surface area contributed by atoms with Crippen LogP contribution in [0.4, 0.5) is 0 Å². The average molecular weight is 470 g/mol. The molecule has 2 heterocycles. The molecule has 0 aliphatic carbocycles. The Morgan fingerprint density at radius 2 is 1.81 bits per heavy atom. The van der Waals surface area contributed by atoms with Crippen LogP contribution in [-0.4, -0.2) is 9.38 Å². The molecule has 4 nitrogen and oxygen atoms in total. The van der Waals surface area contributed by atoms with Crippen LogP contribution >= 0.6 is 34.3 Å². The van der Waals surface area contributed by atoms with Gasteiger partial charge in [0.05, 0.1) is 21.1 Å². The predicted octanol–water partition coefficient (Wildman–Crippen LogP) is 5.46. The predicted molar refractivity (Wildman–Crippen MR) is 114 cm³/mol. The Morgan fingerprint density at radius 1 is 1.00 bits per heavy atom. The van der Waals surface area contributed by atoms with Gasteiger partial charge < -0.3 is 3.07 Å². The van der Waals surface area contributed by atoms with Crippen molar-refractivity contribution in [1.82, 2.24) is 9.38 Å². The molecule has 0 fully saturated rings. The van der Waals surface area contributed by atoms with Gasteiger partial charge in [-0.15, -0.1) is 0 Å². The summed E-state index contributed by atoms with van der Waals surface area (Å²) in [5, 5.41) is 0.604. The Kier molecular flexibility index (Phi) is 3.68. The lowest BCUT2D eigenvalue weighted by Gasteiger charge is -2.08. The van der Waals surface area contributed by atoms with Crippen molar-refractivity contribution in [1.29, 1.82) is 0 Å². The molecule has 3 aromatic carbocycles. The molecule has 126 valence electrons. The van der Waals surface area contributed by atoms with E-state index in [0.29, 0.717) is 15.9 Å². The smallest absolute Gasteiger partial charge is 0.266 e. The fraction of sp³-hybridized carbons (Fsp3) is 0. The molecule has 0 atom stereocenters. The quantitative estimate of drug-likeness (QED) is 0.322. The van der Waals surface area contributed by atoms with Gasteiger partial charge in [0.25, 0.3) is 5.56 Å². The van der Waals surface area contributed by atoms with Gasteiger partial charge in [0.2, 0.25) is 0 Å². The first-order valence-corrected chi connectivity index (χ1v) is 9.68. The lowest BCUT2D eigenvalue weighted by molar-refractivity contribution is 0.719. The number of para-hydroxylation sites is 2. The van der Waals surface area contributed by atoms with Crippen LogP contribution in [0.15, 0.2) is 71.5 Å². The summed E-state index contributed by atoms with van der Waals surface area (Å²) < 4.78 is 8.18. The van der Waals surface area contributed by atoms with Gasteiger partial charge in [-0.25, -0.2) is 4.98 Å². The Bertz CT molecular complexity index is 1360. The second-order valence-electron chi connectivity index (χ2n) is 5.91. The van der Waals surface area contributed by atoms with Crippen LogP contribution in [-0.2, 0) is 0 Å². The molecule has 0 N–H and O–H groups in total. The van der Waals surface area contributed by atoms with E-state index in [4.69, 9.17) is 8.05 Å². The number of hydrogen-bond donors (Lipinski definition) is 0. The van der Waals surface area contributed by atoms with Gasteiger partial charge in [0.15, 0.2) is 28.0 Å². The number of thiazole rings is 1. The van der Waals surface area contributed by atoms with Crippen molar-refractivity contribution in [2.45, 2.75) is 0 Å². The molecule has 0 amide bonds. The highest BCUT2D eigenvalue weighted by atomic mass is 127. The van der Waals surface area contributed by atoms with E-state index in [1.54, 1.807) is 4.40 Å². The zero-order valence-electron chi connectivity index (χ0n) is 13.3. The summed E-state index contributed by atoms with van der Waals surface area (Å²) >= 11 is 3.40. The number of rotatable bonds is 2. The van der Waals surface area contributed by atoms with Crippen LogP contribution in [0.2, 0.25) is 0 Å². The minimum Gasteiger partial charge on any atom is -0.427 e. The largest absolute Gasteiger partial charge is 0.427 e. The van der Waals surface area contributed by atoms with Crippen LogP contribution in [0.3, 0.4) is 0 Å². The van der Waals surface area contributed by atoms with Crippen molar-refractivity contribution in [3.8, 4) is 16.9 Å². The highest BCUT2D eigenvalue weighted by Crippen LogP contribution is 2.32. The van der Waals surface area contributed by atoms with Crippen LogP contribution in [0.5, 0.6) is 5.75 Å². The maximum absolute atomic E-state index is 13.2. The van der Waals surface area contributed by atoms with E-state index in [0.717, 1.165) is 27.1 Å². The lowest BCUT2D eigenvalue weighted by atomic mass is 10.0. The second-order valence-corrected chi connectivity index (χ2v) is 7.36. The maximum atomic E-state index is 13.2. The molecular weight excluding hydrogens is 459 g/mol. The summed E-state index contributed by atoms with van der Waals surface area (Å²) in [7, 11) is 0. The third-order valence-electron chi connectivity index (χ3n) is 4.43. The van der Waals surface area contributed by atoms with Crippen molar-refractivity contribution >= 4 is 60.4 Å². The topological polar surface area (TPSA) is 43.6 Å². The fourth-order valence-electron chi connectivity index (χ4n) is 3.21. The lowest BCUT2D eigenvalue weighted by Crippen LogP contribution is -2.13. The second kappa shape index (κ2) is 6.07. The zero-order chi connectivity index (χ0) is 17.7. The normalized spacial score (nSPS) is 11.4. The minimum absolute atomic E-state index is 0.0443. The Balaban J connectivity index is 1.85. The Hall–Kier alpha value is -2.45. The van der Waals surface area contributed by atoms with Gasteiger partial charge in [0, 0.05) is 5.56 Å². The van der Waals surface area contributed by atoms with E-state index in [1.807, 2.05) is 89.7 Å². The summed E-state index contributed by atoms with van der Waals surface area (Å²) in [6.07, 6.45) is 0. The molecule has 0 saturated carbocycles. The van der Waals surface area contributed by atoms with Crippen LogP contribution in [0.25, 0.3) is 37.2 Å². The standard InChI is InChI=1S/C20H11IN2O2S/c21-25-17-7-3-1-5-13(17)12-9-10-15-14(11-12)19(24)23-16-6-2-4-8-18(16)26-20(23)22-15/h1-11H. The van der Waals surface area contributed by atoms with Gasteiger partial charge >= 0.3 is 0 Å². The SMILES string of the molecule is O=c1c2cc(-c3ccccc3OI)ccc2nc2sc3ccccc3n12. The number of fused-ring (bicyclic) bond motifs is 4. The van der Waals surface area contributed by atoms with Gasteiger partial charge in [-0.05, 0) is 35.9 Å². The third-order valence-corrected chi connectivity index (χ3v) is 5.92. The van der Waals surface area contributed by atoms with E-state index in [2.05, 4.69) is 0 Å².